The lowest BCUT2D eigenvalue weighted by atomic mass is 10.2. The molecular weight excluding hydrogens is 244 g/mol. The lowest BCUT2D eigenvalue weighted by molar-refractivity contribution is -0.0761. The highest BCUT2D eigenvalue weighted by atomic mass is 28.3. The summed E-state index contributed by atoms with van der Waals surface area (Å²) in [7, 11) is -1.29. The first-order valence-electron chi connectivity index (χ1n) is 6.77. The van der Waals surface area contributed by atoms with E-state index in [0.29, 0.717) is 12.5 Å². The molecule has 1 aromatic heterocycles. The fraction of sp³-hybridized carbons (Fsp3) is 0.769. The van der Waals surface area contributed by atoms with Gasteiger partial charge < -0.3 is 9.57 Å². The highest BCUT2D eigenvalue weighted by Gasteiger charge is 2.27. The van der Waals surface area contributed by atoms with Gasteiger partial charge in [-0.25, -0.2) is 4.98 Å². The average Bonchev–Trinajstić information content (AvgIpc) is 2.78. The lowest BCUT2D eigenvalue weighted by Gasteiger charge is -2.28. The minimum atomic E-state index is -1.29. The van der Waals surface area contributed by atoms with Crippen molar-refractivity contribution in [2.75, 3.05) is 6.79 Å². The summed E-state index contributed by atoms with van der Waals surface area (Å²) in [4.78, 5) is 9.35. The van der Waals surface area contributed by atoms with Crippen LogP contribution in [0.25, 0.3) is 0 Å². The van der Waals surface area contributed by atoms with Gasteiger partial charge >= 0.3 is 0 Å². The van der Waals surface area contributed by atoms with Crippen LogP contribution in [0, 0.1) is 0 Å². The third-order valence-electron chi connectivity index (χ3n) is 2.99. The molecule has 0 bridgehead atoms. The van der Waals surface area contributed by atoms with E-state index in [2.05, 4.69) is 31.5 Å². The van der Waals surface area contributed by atoms with Crippen LogP contribution >= 0.6 is 0 Å². The van der Waals surface area contributed by atoms with Gasteiger partial charge in [-0.3, -0.25) is 0 Å². The molecule has 4 nitrogen and oxygen atoms in total. The van der Waals surface area contributed by atoms with Gasteiger partial charge in [0.15, 0.2) is 0 Å². The van der Waals surface area contributed by atoms with E-state index in [0.717, 1.165) is 6.42 Å². The Morgan fingerprint density at radius 2 is 2.06 bits per heavy atom. The number of rotatable bonds is 9. The molecule has 0 aliphatic rings. The van der Waals surface area contributed by atoms with Crippen molar-refractivity contribution in [3.8, 4) is 0 Å². The molecule has 0 aliphatic heterocycles. The first kappa shape index (κ1) is 15.2. The molecule has 18 heavy (non-hydrogen) atoms. The molecule has 0 spiro atoms. The second-order valence-electron chi connectivity index (χ2n) is 5.69. The Hall–Kier alpha value is -0.813. The average molecular weight is 270 g/mol. The number of unbranched alkanes of at least 4 members (excludes halogenated alkanes) is 2. The van der Waals surface area contributed by atoms with Crippen molar-refractivity contribution in [2.45, 2.75) is 58.0 Å². The first-order chi connectivity index (χ1) is 8.54. The van der Waals surface area contributed by atoms with Crippen LogP contribution in [0.3, 0.4) is 0 Å². The van der Waals surface area contributed by atoms with Gasteiger partial charge in [-0.2, -0.15) is 4.73 Å². The molecule has 1 rings (SSSR count). The zero-order chi connectivity index (χ0) is 13.4. The molecule has 0 aromatic carbocycles. The number of imidazole rings is 1. The molecule has 0 saturated heterocycles. The lowest BCUT2D eigenvalue weighted by Crippen LogP contribution is -2.41. The summed E-state index contributed by atoms with van der Waals surface area (Å²) >= 11 is 0. The molecule has 1 aromatic rings. The molecule has 5 heteroatoms. The quantitative estimate of drug-likeness (QED) is 0.393. The zero-order valence-electron chi connectivity index (χ0n) is 12.1. The minimum absolute atomic E-state index is 0.303. The standard InChI is InChI=1S/C13H26N2O2Si/c1-5-6-7-8-13(18(2,3)4)16-12-17-15-10-9-14-11-15/h9-11,13H,5-8,12H2,1-4H3. The van der Waals surface area contributed by atoms with Crippen LogP contribution in [0.5, 0.6) is 0 Å². The van der Waals surface area contributed by atoms with E-state index in [4.69, 9.17) is 9.57 Å². The molecule has 0 aliphatic carbocycles. The predicted molar refractivity (Wildman–Crippen MR) is 76.0 cm³/mol. The number of hydrogen-bond donors (Lipinski definition) is 0. The number of hydrogen-bond acceptors (Lipinski definition) is 3. The molecule has 0 amide bonds. The van der Waals surface area contributed by atoms with Crippen LogP contribution < -0.4 is 4.84 Å². The van der Waals surface area contributed by atoms with E-state index < -0.39 is 8.07 Å². The third kappa shape index (κ3) is 5.69. The summed E-state index contributed by atoms with van der Waals surface area (Å²) in [5.41, 5.74) is 0.368. The predicted octanol–water partition coefficient (Wildman–Crippen LogP) is 3.11. The summed E-state index contributed by atoms with van der Waals surface area (Å²) in [6, 6.07) is 0. The second-order valence-corrected chi connectivity index (χ2v) is 11.1. The number of aromatic nitrogens is 2. The van der Waals surface area contributed by atoms with Crippen molar-refractivity contribution >= 4 is 8.07 Å². The van der Waals surface area contributed by atoms with Crippen molar-refractivity contribution in [2.24, 2.45) is 0 Å². The van der Waals surface area contributed by atoms with Crippen molar-refractivity contribution in [3.63, 3.8) is 0 Å². The van der Waals surface area contributed by atoms with Crippen LogP contribution in [0.15, 0.2) is 18.7 Å². The summed E-state index contributed by atoms with van der Waals surface area (Å²) in [5, 5.41) is 0. The Labute approximate surface area is 111 Å². The third-order valence-corrected chi connectivity index (χ3v) is 5.37. The van der Waals surface area contributed by atoms with E-state index >= 15 is 0 Å². The summed E-state index contributed by atoms with van der Waals surface area (Å²) in [6.07, 6.45) is 10.0. The van der Waals surface area contributed by atoms with Crippen LogP contribution in [0.4, 0.5) is 0 Å². The Morgan fingerprint density at radius 1 is 1.28 bits per heavy atom. The summed E-state index contributed by atoms with van der Waals surface area (Å²) in [6.45, 7) is 9.58. The van der Waals surface area contributed by atoms with Gasteiger partial charge in [0.05, 0.1) is 20.0 Å². The number of nitrogens with zero attached hydrogens (tertiary/aromatic N) is 2. The van der Waals surface area contributed by atoms with Crippen molar-refractivity contribution in [1.29, 1.82) is 0 Å². The fourth-order valence-corrected chi connectivity index (χ4v) is 3.48. The molecule has 0 saturated carbocycles. The van der Waals surface area contributed by atoms with Crippen LogP contribution in [-0.4, -0.2) is 30.3 Å². The van der Waals surface area contributed by atoms with Gasteiger partial charge in [0.1, 0.15) is 6.33 Å². The fourth-order valence-electron chi connectivity index (χ4n) is 1.84. The maximum absolute atomic E-state index is 5.92. The van der Waals surface area contributed by atoms with E-state index in [9.17, 15) is 0 Å². The first-order valence-corrected chi connectivity index (χ1v) is 10.3. The highest BCUT2D eigenvalue weighted by molar-refractivity contribution is 6.77. The molecule has 1 unspecified atom stereocenters. The Balaban J connectivity index is 2.31. The molecular formula is C13H26N2O2Si. The second kappa shape index (κ2) is 7.58. The van der Waals surface area contributed by atoms with Crippen LogP contribution in [0.1, 0.15) is 32.6 Å². The molecule has 1 heterocycles. The topological polar surface area (TPSA) is 36.3 Å². The monoisotopic (exact) mass is 270 g/mol. The van der Waals surface area contributed by atoms with Gasteiger partial charge in [-0.1, -0.05) is 45.8 Å². The normalized spacial score (nSPS) is 13.6. The number of ether oxygens (including phenoxy) is 1. The SMILES string of the molecule is CCCCCC(OCOn1ccnc1)[Si](C)(C)C. The Morgan fingerprint density at radius 3 is 2.61 bits per heavy atom. The smallest absolute Gasteiger partial charge is 0.214 e. The van der Waals surface area contributed by atoms with Gasteiger partial charge in [-0.05, 0) is 6.42 Å². The van der Waals surface area contributed by atoms with Gasteiger partial charge in [0.25, 0.3) is 0 Å². The van der Waals surface area contributed by atoms with E-state index in [1.807, 2.05) is 0 Å². The van der Waals surface area contributed by atoms with E-state index in [1.165, 1.54) is 19.3 Å². The van der Waals surface area contributed by atoms with Gasteiger partial charge in [0, 0.05) is 6.20 Å². The van der Waals surface area contributed by atoms with Gasteiger partial charge in [0.2, 0.25) is 6.79 Å². The maximum Gasteiger partial charge on any atom is 0.214 e. The Kier molecular flexibility index (Phi) is 6.42. The Bertz CT molecular complexity index is 309. The van der Waals surface area contributed by atoms with Crippen LogP contribution in [0.2, 0.25) is 19.6 Å². The van der Waals surface area contributed by atoms with E-state index in [-0.39, 0.29) is 0 Å². The molecule has 104 valence electrons. The van der Waals surface area contributed by atoms with Gasteiger partial charge in [-0.15, -0.1) is 0 Å². The van der Waals surface area contributed by atoms with Crippen molar-refractivity contribution in [3.05, 3.63) is 18.7 Å². The molecule has 1 atom stereocenters. The highest BCUT2D eigenvalue weighted by Crippen LogP contribution is 2.18. The van der Waals surface area contributed by atoms with Crippen molar-refractivity contribution < 1.29 is 9.57 Å². The minimum Gasteiger partial charge on any atom is -0.384 e. The zero-order valence-corrected chi connectivity index (χ0v) is 13.1. The maximum atomic E-state index is 5.92. The largest absolute Gasteiger partial charge is 0.384 e. The summed E-state index contributed by atoms with van der Waals surface area (Å²) in [5.74, 6) is 0. The van der Waals surface area contributed by atoms with E-state index in [1.54, 1.807) is 23.5 Å². The molecule has 0 N–H and O–H groups in total. The molecule has 0 fully saturated rings. The van der Waals surface area contributed by atoms with Crippen LogP contribution in [-0.2, 0) is 4.74 Å². The molecule has 0 radical (unpaired) electrons. The summed E-state index contributed by atoms with van der Waals surface area (Å²) < 4.78 is 7.49. The van der Waals surface area contributed by atoms with Crippen molar-refractivity contribution in [1.82, 2.24) is 9.71 Å².